The van der Waals surface area contributed by atoms with Crippen molar-refractivity contribution in [2.75, 3.05) is 13.1 Å². The van der Waals surface area contributed by atoms with Crippen molar-refractivity contribution in [1.82, 2.24) is 21.3 Å². The van der Waals surface area contributed by atoms with E-state index in [0.717, 1.165) is 0 Å². The second-order valence-corrected chi connectivity index (χ2v) is 8.37. The fourth-order valence-electron chi connectivity index (χ4n) is 1.94. The molecule has 168 valence electrons. The van der Waals surface area contributed by atoms with E-state index < -0.39 is 23.4 Å². The van der Waals surface area contributed by atoms with Crippen LogP contribution in [-0.2, 0) is 9.47 Å². The molecule has 2 amide bonds. The van der Waals surface area contributed by atoms with Crippen LogP contribution >= 0.6 is 24.8 Å². The molecule has 2 rings (SSSR count). The number of carbonyl (C=O) groups excluding carboxylic acids is 2. The average molecular weight is 447 g/mol. The van der Waals surface area contributed by atoms with E-state index in [2.05, 4.69) is 21.3 Å². The summed E-state index contributed by atoms with van der Waals surface area (Å²) in [7, 11) is 0. The van der Waals surface area contributed by atoms with Crippen LogP contribution in [0.5, 0.6) is 0 Å². The minimum Gasteiger partial charge on any atom is -0.444 e. The van der Waals surface area contributed by atoms with Crippen LogP contribution in [0.25, 0.3) is 0 Å². The fraction of sp³-hybridized carbons (Fsp3) is 0.875. The molecule has 2 fully saturated rings. The Morgan fingerprint density at radius 1 is 0.786 bits per heavy atom. The van der Waals surface area contributed by atoms with Gasteiger partial charge in [0.25, 0.3) is 0 Å². The molecule has 0 radical (unpaired) electrons. The van der Waals surface area contributed by atoms with Gasteiger partial charge in [-0.1, -0.05) is 0 Å². The molecule has 0 aliphatic carbocycles. The minimum absolute atomic E-state index is 0. The highest BCUT2D eigenvalue weighted by molar-refractivity contribution is 5.85. The molecule has 28 heavy (non-hydrogen) atoms. The standard InChI is InChI=1S/2C8H17N3O2.2ClH/c2*1-8(2,3)13-7(12)11-5-4-10-6(5)9;;/h2*5-6,10H,4,9H2,1-3H3,(H,11,12);2*1H/t2*5-,6+;;/m10../s1. The quantitative estimate of drug-likeness (QED) is 0.355. The number of halogens is 2. The number of ether oxygens (including phenoxy) is 2. The Labute approximate surface area is 179 Å². The van der Waals surface area contributed by atoms with Gasteiger partial charge >= 0.3 is 12.2 Å². The molecule has 0 aromatic heterocycles. The van der Waals surface area contributed by atoms with E-state index in [1.807, 2.05) is 41.5 Å². The van der Waals surface area contributed by atoms with Crippen LogP contribution in [0.1, 0.15) is 41.5 Å². The van der Waals surface area contributed by atoms with Crippen molar-refractivity contribution in [3.8, 4) is 0 Å². The molecular formula is C16H36Cl2N6O4. The third-order valence-corrected chi connectivity index (χ3v) is 3.42. The molecule has 0 unspecified atom stereocenters. The van der Waals surface area contributed by atoms with Crippen molar-refractivity contribution in [3.63, 3.8) is 0 Å². The number of nitrogens with one attached hydrogen (secondary N) is 4. The Bertz CT molecular complexity index is 455. The Kier molecular flexibility index (Phi) is 12.3. The average Bonchev–Trinajstić information content (AvgIpc) is 2.44. The SMILES string of the molecule is CC(C)(C)OC(=O)N[C@@H]1CN[C@@H]1N.CC(C)(C)OC(=O)N[C@H]1CN[C@H]1N.Cl.Cl. The van der Waals surface area contributed by atoms with Crippen LogP contribution < -0.4 is 32.7 Å². The van der Waals surface area contributed by atoms with Crippen molar-refractivity contribution in [2.45, 2.75) is 77.2 Å². The number of rotatable bonds is 2. The summed E-state index contributed by atoms with van der Waals surface area (Å²) in [6.45, 7) is 12.4. The molecule has 10 nitrogen and oxygen atoms in total. The van der Waals surface area contributed by atoms with Crippen LogP contribution in [0.15, 0.2) is 0 Å². The van der Waals surface area contributed by atoms with Crippen molar-refractivity contribution < 1.29 is 19.1 Å². The third-order valence-electron chi connectivity index (χ3n) is 3.42. The predicted molar refractivity (Wildman–Crippen MR) is 113 cm³/mol. The highest BCUT2D eigenvalue weighted by Gasteiger charge is 2.30. The molecule has 2 heterocycles. The normalized spacial score (nSPS) is 25.7. The Hall–Kier alpha value is -1.04. The van der Waals surface area contributed by atoms with Gasteiger partial charge < -0.3 is 31.6 Å². The van der Waals surface area contributed by atoms with Gasteiger partial charge in [-0.2, -0.15) is 0 Å². The van der Waals surface area contributed by atoms with Crippen molar-refractivity contribution in [2.24, 2.45) is 11.5 Å². The Morgan fingerprint density at radius 3 is 1.21 bits per heavy atom. The highest BCUT2D eigenvalue weighted by atomic mass is 35.5. The Balaban J connectivity index is 0. The second-order valence-electron chi connectivity index (χ2n) is 8.37. The maximum atomic E-state index is 11.2. The maximum Gasteiger partial charge on any atom is 0.408 e. The zero-order valence-electron chi connectivity index (χ0n) is 17.3. The van der Waals surface area contributed by atoms with Crippen molar-refractivity contribution in [1.29, 1.82) is 0 Å². The largest absolute Gasteiger partial charge is 0.444 e. The van der Waals surface area contributed by atoms with E-state index in [0.29, 0.717) is 13.1 Å². The van der Waals surface area contributed by atoms with Gasteiger partial charge in [-0.3, -0.25) is 10.6 Å². The summed E-state index contributed by atoms with van der Waals surface area (Å²) in [6, 6.07) is -0.00954. The molecule has 8 N–H and O–H groups in total. The molecule has 2 aliphatic heterocycles. The molecule has 12 heteroatoms. The summed E-state index contributed by atoms with van der Waals surface area (Å²) in [5.41, 5.74) is 10.2. The monoisotopic (exact) mass is 446 g/mol. The first-order chi connectivity index (χ1) is 11.8. The van der Waals surface area contributed by atoms with Crippen LogP contribution in [0.3, 0.4) is 0 Å². The number of alkyl carbamates (subject to hydrolysis) is 2. The van der Waals surface area contributed by atoms with Gasteiger partial charge in [0.1, 0.15) is 11.2 Å². The van der Waals surface area contributed by atoms with E-state index in [-0.39, 0.29) is 49.2 Å². The molecule has 4 atom stereocenters. The van der Waals surface area contributed by atoms with Crippen LogP contribution in [0.4, 0.5) is 9.59 Å². The topological polar surface area (TPSA) is 153 Å². The van der Waals surface area contributed by atoms with Gasteiger partial charge in [0, 0.05) is 13.1 Å². The van der Waals surface area contributed by atoms with E-state index in [9.17, 15) is 9.59 Å². The molecule has 2 aliphatic rings. The lowest BCUT2D eigenvalue weighted by Gasteiger charge is -2.35. The number of nitrogens with two attached hydrogens (primary N) is 2. The maximum absolute atomic E-state index is 11.2. The lowest BCUT2D eigenvalue weighted by Crippen LogP contribution is -2.69. The van der Waals surface area contributed by atoms with Crippen LogP contribution in [-0.4, -0.2) is 60.9 Å². The lowest BCUT2D eigenvalue weighted by molar-refractivity contribution is 0.0454. The van der Waals surface area contributed by atoms with Crippen molar-refractivity contribution >= 4 is 37.0 Å². The smallest absolute Gasteiger partial charge is 0.408 e. The van der Waals surface area contributed by atoms with E-state index in [1.54, 1.807) is 0 Å². The minimum atomic E-state index is -0.453. The van der Waals surface area contributed by atoms with Crippen LogP contribution in [0, 0.1) is 0 Å². The first-order valence-electron chi connectivity index (χ1n) is 8.74. The zero-order valence-corrected chi connectivity index (χ0v) is 19.0. The number of amides is 2. The number of carbonyl (C=O) groups is 2. The van der Waals surface area contributed by atoms with E-state index >= 15 is 0 Å². The number of hydrogen-bond donors (Lipinski definition) is 6. The van der Waals surface area contributed by atoms with Crippen LogP contribution in [0.2, 0.25) is 0 Å². The Morgan fingerprint density at radius 2 is 1.07 bits per heavy atom. The predicted octanol–water partition coefficient (Wildman–Crippen LogP) is 0.379. The molecule has 0 saturated carbocycles. The van der Waals surface area contributed by atoms with Crippen molar-refractivity contribution in [3.05, 3.63) is 0 Å². The first kappa shape index (κ1) is 29.2. The van der Waals surface area contributed by atoms with Gasteiger partial charge in [-0.25, -0.2) is 9.59 Å². The first-order valence-corrected chi connectivity index (χ1v) is 8.74. The molecule has 0 aromatic carbocycles. The summed E-state index contributed by atoms with van der Waals surface area (Å²) in [5.74, 6) is 0. The van der Waals surface area contributed by atoms with Gasteiger partial charge in [0.05, 0.1) is 24.4 Å². The number of hydrogen-bond acceptors (Lipinski definition) is 8. The van der Waals surface area contributed by atoms with Gasteiger partial charge in [0.2, 0.25) is 0 Å². The van der Waals surface area contributed by atoms with Gasteiger partial charge in [0.15, 0.2) is 0 Å². The molecule has 0 bridgehead atoms. The molecule has 0 aromatic rings. The van der Waals surface area contributed by atoms with E-state index in [1.165, 1.54) is 0 Å². The fourth-order valence-corrected chi connectivity index (χ4v) is 1.94. The van der Waals surface area contributed by atoms with Gasteiger partial charge in [-0.15, -0.1) is 24.8 Å². The summed E-state index contributed by atoms with van der Waals surface area (Å²) >= 11 is 0. The molecule has 0 spiro atoms. The molecular weight excluding hydrogens is 411 g/mol. The second kappa shape index (κ2) is 11.8. The summed E-state index contributed by atoms with van der Waals surface area (Å²) in [5, 5.41) is 11.2. The highest BCUT2D eigenvalue weighted by Crippen LogP contribution is 2.08. The van der Waals surface area contributed by atoms with Gasteiger partial charge in [-0.05, 0) is 41.5 Å². The summed E-state index contributed by atoms with van der Waals surface area (Å²) in [4.78, 5) is 22.4. The summed E-state index contributed by atoms with van der Waals surface area (Å²) < 4.78 is 10.1. The zero-order chi connectivity index (χ0) is 20.1. The summed E-state index contributed by atoms with van der Waals surface area (Å²) in [6.07, 6.45) is -1.11. The lowest BCUT2D eigenvalue weighted by atomic mass is 10.1. The third kappa shape index (κ3) is 11.7. The molecule has 2 saturated heterocycles. The van der Waals surface area contributed by atoms with E-state index in [4.69, 9.17) is 20.9 Å².